The molecular weight excluding hydrogens is 316 g/mol. The lowest BCUT2D eigenvalue weighted by Gasteiger charge is -2.32. The number of anilines is 1. The first kappa shape index (κ1) is 17.5. The van der Waals surface area contributed by atoms with Gasteiger partial charge in [-0.2, -0.15) is 5.26 Å². The average Bonchev–Trinajstić information content (AvgIpc) is 2.52. The number of amides is 1. The molecule has 0 atom stereocenters. The van der Waals surface area contributed by atoms with E-state index in [0.717, 1.165) is 51.1 Å². The van der Waals surface area contributed by atoms with Crippen molar-refractivity contribution in [3.8, 4) is 6.07 Å². The van der Waals surface area contributed by atoms with E-state index in [1.807, 2.05) is 6.07 Å². The second kappa shape index (κ2) is 8.16. The van der Waals surface area contributed by atoms with E-state index < -0.39 is 6.09 Å². The summed E-state index contributed by atoms with van der Waals surface area (Å²) in [5.41, 5.74) is 1.49. The van der Waals surface area contributed by atoms with Crippen molar-refractivity contribution in [1.82, 2.24) is 9.80 Å². The van der Waals surface area contributed by atoms with Crippen molar-refractivity contribution in [2.24, 2.45) is 0 Å². The van der Waals surface area contributed by atoms with Crippen LogP contribution in [-0.2, 0) is 6.42 Å². The number of nitrogens with one attached hydrogen (secondary N) is 1. The van der Waals surface area contributed by atoms with Crippen LogP contribution in [0.15, 0.2) is 12.1 Å². The minimum absolute atomic E-state index is 0.271. The number of halogens is 1. The smallest absolute Gasteiger partial charge is 0.409 e. The molecule has 0 aliphatic carbocycles. The summed E-state index contributed by atoms with van der Waals surface area (Å²) in [7, 11) is 2.13. The fourth-order valence-corrected chi connectivity index (χ4v) is 2.95. The van der Waals surface area contributed by atoms with Crippen molar-refractivity contribution < 1.29 is 9.90 Å². The van der Waals surface area contributed by atoms with Gasteiger partial charge in [-0.3, -0.25) is 5.32 Å². The highest BCUT2D eigenvalue weighted by Gasteiger charge is 2.15. The minimum atomic E-state index is -1.19. The molecule has 2 N–H and O–H groups in total. The lowest BCUT2D eigenvalue weighted by molar-refractivity contribution is 0.153. The highest BCUT2D eigenvalue weighted by atomic mass is 35.5. The molecule has 23 heavy (non-hydrogen) atoms. The van der Waals surface area contributed by atoms with Gasteiger partial charge in [0.15, 0.2) is 0 Å². The van der Waals surface area contributed by atoms with Gasteiger partial charge >= 0.3 is 6.09 Å². The van der Waals surface area contributed by atoms with Crippen molar-refractivity contribution in [2.75, 3.05) is 45.1 Å². The third-order valence-electron chi connectivity index (χ3n) is 4.04. The molecule has 1 amide bonds. The van der Waals surface area contributed by atoms with E-state index in [1.165, 1.54) is 6.07 Å². The standard InChI is InChI=1S/C16H21ClN4O2/c1-20-5-7-21(8-6-20)4-2-3-13-9-12(11-18)10-14(15(13)17)19-16(22)23/h9-10,19H,2-8H2,1H3,(H,22,23). The molecule has 2 rings (SSSR count). The molecule has 1 aromatic carbocycles. The van der Waals surface area contributed by atoms with Crippen LogP contribution in [0.5, 0.6) is 0 Å². The second-order valence-electron chi connectivity index (χ2n) is 5.79. The number of piperazine rings is 1. The van der Waals surface area contributed by atoms with Crippen LogP contribution < -0.4 is 5.32 Å². The van der Waals surface area contributed by atoms with Crippen molar-refractivity contribution in [3.05, 3.63) is 28.3 Å². The molecule has 1 saturated heterocycles. The first-order valence-corrected chi connectivity index (χ1v) is 8.00. The van der Waals surface area contributed by atoms with E-state index in [9.17, 15) is 4.79 Å². The van der Waals surface area contributed by atoms with E-state index in [4.69, 9.17) is 22.0 Å². The molecular formula is C16H21ClN4O2. The molecule has 6 nitrogen and oxygen atoms in total. The van der Waals surface area contributed by atoms with Crippen LogP contribution in [0.3, 0.4) is 0 Å². The van der Waals surface area contributed by atoms with Gasteiger partial charge in [-0.05, 0) is 44.1 Å². The molecule has 0 bridgehead atoms. The molecule has 7 heteroatoms. The van der Waals surface area contributed by atoms with Gasteiger partial charge in [-0.15, -0.1) is 0 Å². The fourth-order valence-electron chi connectivity index (χ4n) is 2.70. The number of carbonyl (C=O) groups is 1. The number of benzene rings is 1. The summed E-state index contributed by atoms with van der Waals surface area (Å²) < 4.78 is 0. The molecule has 0 spiro atoms. The van der Waals surface area contributed by atoms with Gasteiger partial charge in [-0.25, -0.2) is 4.79 Å². The minimum Gasteiger partial charge on any atom is -0.465 e. The first-order valence-electron chi connectivity index (χ1n) is 7.63. The number of nitrogens with zero attached hydrogens (tertiary/aromatic N) is 3. The molecule has 1 aliphatic rings. The molecule has 1 aliphatic heterocycles. The Kier molecular flexibility index (Phi) is 6.22. The van der Waals surface area contributed by atoms with E-state index in [0.29, 0.717) is 10.6 Å². The highest BCUT2D eigenvalue weighted by molar-refractivity contribution is 6.34. The van der Waals surface area contributed by atoms with Crippen molar-refractivity contribution in [1.29, 1.82) is 5.26 Å². The summed E-state index contributed by atoms with van der Waals surface area (Å²) in [4.78, 5) is 15.5. The van der Waals surface area contributed by atoms with E-state index >= 15 is 0 Å². The van der Waals surface area contributed by atoms with Gasteiger partial charge in [0.25, 0.3) is 0 Å². The summed E-state index contributed by atoms with van der Waals surface area (Å²) in [6.45, 7) is 5.26. The Labute approximate surface area is 141 Å². The normalized spacial score (nSPS) is 16.0. The monoisotopic (exact) mass is 336 g/mol. The summed E-state index contributed by atoms with van der Waals surface area (Å²) in [6, 6.07) is 5.24. The topological polar surface area (TPSA) is 79.6 Å². The van der Waals surface area contributed by atoms with Crippen molar-refractivity contribution in [2.45, 2.75) is 12.8 Å². The van der Waals surface area contributed by atoms with Crippen LogP contribution in [-0.4, -0.2) is 60.8 Å². The highest BCUT2D eigenvalue weighted by Crippen LogP contribution is 2.29. The number of nitriles is 1. The molecule has 0 saturated carbocycles. The maximum absolute atomic E-state index is 10.8. The fraction of sp³-hybridized carbons (Fsp3) is 0.500. The Morgan fingerprint density at radius 2 is 2.09 bits per heavy atom. The van der Waals surface area contributed by atoms with Crippen LogP contribution in [0.1, 0.15) is 17.5 Å². The van der Waals surface area contributed by atoms with Crippen LogP contribution in [0, 0.1) is 11.3 Å². The lowest BCUT2D eigenvalue weighted by Crippen LogP contribution is -2.44. The Morgan fingerprint density at radius 3 is 2.70 bits per heavy atom. The van der Waals surface area contributed by atoms with E-state index in [-0.39, 0.29) is 5.69 Å². The molecule has 1 heterocycles. The van der Waals surface area contributed by atoms with E-state index in [2.05, 4.69) is 22.2 Å². The Bertz CT molecular complexity index is 607. The molecule has 1 aromatic rings. The van der Waals surface area contributed by atoms with Crippen molar-refractivity contribution in [3.63, 3.8) is 0 Å². The zero-order valence-corrected chi connectivity index (χ0v) is 13.9. The number of carboxylic acid groups (broad SMARTS) is 1. The second-order valence-corrected chi connectivity index (χ2v) is 6.17. The molecule has 1 fully saturated rings. The summed E-state index contributed by atoms with van der Waals surface area (Å²) in [5.74, 6) is 0. The third-order valence-corrected chi connectivity index (χ3v) is 4.48. The maximum Gasteiger partial charge on any atom is 0.409 e. The average molecular weight is 337 g/mol. The molecule has 124 valence electrons. The number of aryl methyl sites for hydroxylation is 1. The zero-order valence-electron chi connectivity index (χ0n) is 13.2. The third kappa shape index (κ3) is 5.10. The largest absolute Gasteiger partial charge is 0.465 e. The van der Waals surface area contributed by atoms with Gasteiger partial charge in [0.05, 0.1) is 22.3 Å². The van der Waals surface area contributed by atoms with Gasteiger partial charge in [-0.1, -0.05) is 11.6 Å². The number of rotatable bonds is 5. The summed E-state index contributed by atoms with van der Waals surface area (Å²) in [6.07, 6.45) is 0.449. The SMILES string of the molecule is CN1CCN(CCCc2cc(C#N)cc(NC(=O)O)c2Cl)CC1. The maximum atomic E-state index is 10.8. The lowest BCUT2D eigenvalue weighted by atomic mass is 10.0. The summed E-state index contributed by atoms with van der Waals surface area (Å²) >= 11 is 6.27. The Morgan fingerprint density at radius 1 is 1.39 bits per heavy atom. The predicted octanol–water partition coefficient (Wildman–Crippen LogP) is 2.48. The Hall–Kier alpha value is -1.81. The van der Waals surface area contributed by atoms with Crippen LogP contribution in [0.25, 0.3) is 0 Å². The number of likely N-dealkylation sites (N-methyl/N-ethyl adjacent to an activating group) is 1. The Balaban J connectivity index is 1.98. The van der Waals surface area contributed by atoms with Crippen molar-refractivity contribution >= 4 is 23.4 Å². The molecule has 0 unspecified atom stereocenters. The summed E-state index contributed by atoms with van der Waals surface area (Å²) in [5, 5.41) is 20.6. The quantitative estimate of drug-likeness (QED) is 0.863. The van der Waals surface area contributed by atoms with Gasteiger partial charge < -0.3 is 14.9 Å². The first-order chi connectivity index (χ1) is 11.0. The van der Waals surface area contributed by atoms with Gasteiger partial charge in [0, 0.05) is 26.2 Å². The van der Waals surface area contributed by atoms with E-state index in [1.54, 1.807) is 6.07 Å². The number of hydrogen-bond donors (Lipinski definition) is 2. The molecule has 0 aromatic heterocycles. The van der Waals surface area contributed by atoms with Crippen LogP contribution in [0.4, 0.5) is 10.5 Å². The molecule has 0 radical (unpaired) electrons. The zero-order chi connectivity index (χ0) is 16.8. The van der Waals surface area contributed by atoms with Gasteiger partial charge in [0.2, 0.25) is 0 Å². The number of hydrogen-bond acceptors (Lipinski definition) is 4. The van der Waals surface area contributed by atoms with Crippen LogP contribution in [0.2, 0.25) is 5.02 Å². The predicted molar refractivity (Wildman–Crippen MR) is 90.1 cm³/mol. The van der Waals surface area contributed by atoms with Crippen LogP contribution >= 0.6 is 11.6 Å². The van der Waals surface area contributed by atoms with Gasteiger partial charge in [0.1, 0.15) is 0 Å².